The molecule has 5 heteroatoms. The van der Waals surface area contributed by atoms with E-state index in [0.717, 1.165) is 12.8 Å². The van der Waals surface area contributed by atoms with Gasteiger partial charge in [0.05, 0.1) is 18.8 Å². The topological polar surface area (TPSA) is 52.6 Å². The number of carbonyl (C=O) groups excluding carboxylic acids is 2. The minimum Gasteiger partial charge on any atom is -0.506 e. The van der Waals surface area contributed by atoms with Crippen LogP contribution in [-0.4, -0.2) is 25.2 Å². The van der Waals surface area contributed by atoms with E-state index in [1.807, 2.05) is 50.2 Å². The van der Waals surface area contributed by atoms with E-state index >= 15 is 0 Å². The Kier molecular flexibility index (Phi) is 17.2. The molecule has 0 radical (unpaired) electrons. The van der Waals surface area contributed by atoms with Crippen LogP contribution in [0.5, 0.6) is 0 Å². The van der Waals surface area contributed by atoms with Gasteiger partial charge in [0, 0.05) is 0 Å². The van der Waals surface area contributed by atoms with Crippen LogP contribution in [0.15, 0.2) is 42.5 Å². The first-order chi connectivity index (χ1) is 15.3. The molecular formula is C28H41O4Rf-. The molecule has 0 aromatic heterocycles. The molecule has 0 unspecified atom stereocenters. The fourth-order valence-corrected chi connectivity index (χ4v) is 2.48. The van der Waals surface area contributed by atoms with E-state index in [9.17, 15) is 9.59 Å². The monoisotopic (exact) mass is 708 g/mol. The Bertz CT molecular complexity index is 765. The molecule has 0 aliphatic heterocycles. The van der Waals surface area contributed by atoms with Crippen molar-refractivity contribution in [2.45, 2.75) is 74.1 Å². The van der Waals surface area contributed by atoms with Gasteiger partial charge in [0.1, 0.15) is 0 Å². The Balaban J connectivity index is 0. The van der Waals surface area contributed by atoms with E-state index in [1.54, 1.807) is 13.0 Å². The van der Waals surface area contributed by atoms with Crippen molar-refractivity contribution in [3.63, 3.8) is 0 Å². The summed E-state index contributed by atoms with van der Waals surface area (Å²) in [6, 6.07) is 16.1. The van der Waals surface area contributed by atoms with Crippen LogP contribution < -0.4 is 0 Å². The Morgan fingerprint density at radius 1 is 0.879 bits per heavy atom. The van der Waals surface area contributed by atoms with Crippen LogP contribution in [0.3, 0.4) is 0 Å². The van der Waals surface area contributed by atoms with E-state index in [0.29, 0.717) is 36.2 Å². The summed E-state index contributed by atoms with van der Waals surface area (Å²) in [6.45, 7) is 17.2. The number of hydrogen-bond acceptors (Lipinski definition) is 4. The van der Waals surface area contributed by atoms with Gasteiger partial charge in [-0.15, -0.1) is 29.8 Å². The molecule has 33 heavy (non-hydrogen) atoms. The van der Waals surface area contributed by atoms with E-state index < -0.39 is 0 Å². The van der Waals surface area contributed by atoms with Crippen molar-refractivity contribution in [1.29, 1.82) is 0 Å². The standard InChI is InChI=1S/C14H20O2.C12H15O2.C2H6.Rf/c1-4-12-5-7-13(8-6-12)14(15)16-10-9-11(2)3;1-4-14-12(13)11-7-5-10(6-8-11)9(2)3;1-2;/h5-8,11H,4,9-10H2,1-3H3;5-7,9H,4H2,1-3H3;1-2H3;/q;-1;;. The predicted octanol–water partition coefficient (Wildman–Crippen LogP) is 7.26. The second-order valence-corrected chi connectivity index (χ2v) is 7.78. The number of aryl methyl sites for hydroxylation is 1. The van der Waals surface area contributed by atoms with Crippen molar-refractivity contribution in [1.82, 2.24) is 0 Å². The van der Waals surface area contributed by atoms with Gasteiger partial charge in [0.2, 0.25) is 5.97 Å². The Morgan fingerprint density at radius 2 is 1.48 bits per heavy atom. The Hall–Kier alpha value is -3.62. The Morgan fingerprint density at radius 3 is 1.91 bits per heavy atom. The number of carbonyl (C=O) groups is 2. The molecule has 0 atom stereocenters. The smallest absolute Gasteiger partial charge is 0.338 e. The maximum absolute atomic E-state index is 11.6. The summed E-state index contributed by atoms with van der Waals surface area (Å²) in [6.07, 6.45) is 1.90. The maximum Gasteiger partial charge on any atom is 0.338 e. The molecule has 0 aliphatic rings. The van der Waals surface area contributed by atoms with Crippen LogP contribution in [0.1, 0.15) is 99.6 Å². The van der Waals surface area contributed by atoms with Gasteiger partial charge in [-0.25, -0.2) is 4.79 Å². The molecule has 0 fully saturated rings. The fourth-order valence-electron chi connectivity index (χ4n) is 2.48. The summed E-state index contributed by atoms with van der Waals surface area (Å²) >= 11 is 0. The van der Waals surface area contributed by atoms with Crippen molar-refractivity contribution >= 4 is 11.9 Å². The zero-order valence-electron chi connectivity index (χ0n) is 21.9. The third kappa shape index (κ3) is 12.7. The third-order valence-electron chi connectivity index (χ3n) is 4.53. The van der Waals surface area contributed by atoms with E-state index in [4.69, 9.17) is 9.47 Å². The van der Waals surface area contributed by atoms with Gasteiger partial charge in [-0.3, -0.25) is 0 Å². The Labute approximate surface area is 195 Å². The maximum atomic E-state index is 11.6. The molecule has 0 spiro atoms. The van der Waals surface area contributed by atoms with Crippen molar-refractivity contribution in [3.05, 3.63) is 70.8 Å². The third-order valence-corrected chi connectivity index (χ3v) is 4.53. The fraction of sp³-hybridized carbons (Fsp3) is 0.500. The number of esters is 2. The van der Waals surface area contributed by atoms with Crippen LogP contribution in [0.25, 0.3) is 0 Å². The molecule has 4 nitrogen and oxygen atoms in total. The zero-order chi connectivity index (χ0) is 24.5. The minimum atomic E-state index is -0.303. The number of rotatable bonds is 8. The minimum absolute atomic E-state index is 0. The summed E-state index contributed by atoms with van der Waals surface area (Å²) in [7, 11) is 0. The normalized spacial score (nSPS) is 9.64. The molecule has 2 aromatic carbocycles. The molecule has 0 saturated heterocycles. The van der Waals surface area contributed by atoms with Crippen molar-refractivity contribution in [3.8, 4) is 0 Å². The summed E-state index contributed by atoms with van der Waals surface area (Å²) in [4.78, 5) is 22.9. The zero-order valence-corrected chi connectivity index (χ0v) is 28.3. The molecule has 2 aromatic rings. The molecule has 0 heterocycles. The van der Waals surface area contributed by atoms with E-state index in [-0.39, 0.29) is 11.9 Å². The molecule has 0 amide bonds. The molecule has 0 aliphatic carbocycles. The van der Waals surface area contributed by atoms with Gasteiger partial charge in [-0.1, -0.05) is 72.1 Å². The van der Waals surface area contributed by atoms with Crippen LogP contribution in [0, 0.1) is 12.0 Å². The van der Waals surface area contributed by atoms with Gasteiger partial charge >= 0.3 is 5.97 Å². The van der Waals surface area contributed by atoms with E-state index in [1.165, 1.54) is 11.1 Å². The largest absolute Gasteiger partial charge is 0.506 e. The molecule has 0 saturated carbocycles. The average molecular weight is 709 g/mol. The summed E-state index contributed by atoms with van der Waals surface area (Å²) in [5, 5.41) is 0. The van der Waals surface area contributed by atoms with Crippen LogP contribution >= 0.6 is 0 Å². The van der Waals surface area contributed by atoms with Crippen LogP contribution in [-0.2, 0) is 15.9 Å². The second-order valence-electron chi connectivity index (χ2n) is 7.78. The SMILES string of the molecule is CC.CCOC(=O)c1[c-]cc(C(C)C)cc1.CCc1ccc(C(=O)OCCC(C)C)cc1.[Rf]. The number of hydrogen-bond donors (Lipinski definition) is 0. The molecule has 2 rings (SSSR count). The summed E-state index contributed by atoms with van der Waals surface area (Å²) in [5.41, 5.74) is 3.55. The van der Waals surface area contributed by atoms with Gasteiger partial charge in [-0.2, -0.15) is 0 Å². The number of ether oxygens (including phenoxy) is 2. The quantitative estimate of drug-likeness (QED) is 0.214. The van der Waals surface area contributed by atoms with Crippen LogP contribution in [0.4, 0.5) is 0 Å². The van der Waals surface area contributed by atoms with Gasteiger partial charge < -0.3 is 14.3 Å². The molecule has 180 valence electrons. The molecule has 0 bridgehead atoms. The van der Waals surface area contributed by atoms with Crippen LogP contribution in [0.2, 0.25) is 0 Å². The summed E-state index contributed by atoms with van der Waals surface area (Å²) in [5.74, 6) is 0.504. The van der Waals surface area contributed by atoms with Crippen molar-refractivity contribution in [2.24, 2.45) is 5.92 Å². The summed E-state index contributed by atoms with van der Waals surface area (Å²) < 4.78 is 10.0. The van der Waals surface area contributed by atoms with Gasteiger partial charge in [-0.05, 0) is 43.4 Å². The van der Waals surface area contributed by atoms with Crippen molar-refractivity contribution < 1.29 is 19.1 Å². The average Bonchev–Trinajstić information content (AvgIpc) is 2.80. The number of benzene rings is 2. The van der Waals surface area contributed by atoms with E-state index in [2.05, 4.69) is 40.7 Å². The molecular weight excluding hydrogens is 667 g/mol. The first kappa shape index (κ1) is 31.6. The van der Waals surface area contributed by atoms with Gasteiger partial charge in [0.25, 0.3) is 0 Å². The van der Waals surface area contributed by atoms with Crippen molar-refractivity contribution in [2.75, 3.05) is 13.2 Å². The van der Waals surface area contributed by atoms with Gasteiger partial charge in [0.15, 0.2) is 0 Å². The second kappa shape index (κ2) is 18.0. The first-order valence-electron chi connectivity index (χ1n) is 11.7. The molecule has 0 N–H and O–H groups in total. The first-order valence-corrected chi connectivity index (χ1v) is 11.7. The predicted molar refractivity (Wildman–Crippen MR) is 132 cm³/mol.